The van der Waals surface area contributed by atoms with Gasteiger partial charge in [0, 0.05) is 39.5 Å². The highest BCUT2D eigenvalue weighted by Gasteiger charge is 2.33. The number of amides is 1. The highest BCUT2D eigenvalue weighted by atomic mass is 35.5. The van der Waals surface area contributed by atoms with Gasteiger partial charge in [0.15, 0.2) is 0 Å². The van der Waals surface area contributed by atoms with Crippen molar-refractivity contribution >= 4 is 39.4 Å². The van der Waals surface area contributed by atoms with Gasteiger partial charge in [0.25, 0.3) is 0 Å². The Bertz CT molecular complexity index is 1570. The Labute approximate surface area is 226 Å². The number of nitrogens with one attached hydrogen (secondary N) is 1. The molecule has 2 aromatic heterocycles. The fourth-order valence-electron chi connectivity index (χ4n) is 6.54. The molecule has 0 saturated carbocycles. The highest BCUT2D eigenvalue weighted by molar-refractivity contribution is 6.30. The van der Waals surface area contributed by atoms with E-state index in [1.807, 2.05) is 44.2 Å². The smallest absolute Gasteiger partial charge is 0.340 e. The molecule has 2 saturated heterocycles. The van der Waals surface area contributed by atoms with Gasteiger partial charge in [-0.25, -0.2) is 4.79 Å². The Morgan fingerprint density at radius 1 is 1.03 bits per heavy atom. The van der Waals surface area contributed by atoms with E-state index in [0.29, 0.717) is 40.3 Å². The lowest BCUT2D eigenvalue weighted by atomic mass is 9.83. The summed E-state index contributed by atoms with van der Waals surface area (Å²) in [5.74, 6) is 0.348. The molecule has 6 rings (SSSR count). The molecule has 2 aliphatic rings. The van der Waals surface area contributed by atoms with Gasteiger partial charge >= 0.3 is 5.63 Å². The van der Waals surface area contributed by atoms with E-state index in [1.54, 1.807) is 6.26 Å². The van der Waals surface area contributed by atoms with E-state index >= 15 is 0 Å². The number of carbonyl (C=O) groups excluding carboxylic acids is 1. The molecule has 6 nitrogen and oxygen atoms in total. The number of furan rings is 1. The first-order valence-corrected chi connectivity index (χ1v) is 14.0. The zero-order valence-electron chi connectivity index (χ0n) is 21.9. The van der Waals surface area contributed by atoms with Crippen molar-refractivity contribution < 1.29 is 13.6 Å². The predicted molar refractivity (Wildman–Crippen MR) is 151 cm³/mol. The summed E-state index contributed by atoms with van der Waals surface area (Å²) in [5, 5.41) is 5.55. The van der Waals surface area contributed by atoms with Crippen molar-refractivity contribution in [2.75, 3.05) is 19.6 Å². The van der Waals surface area contributed by atoms with Crippen LogP contribution >= 0.6 is 11.6 Å². The lowest BCUT2D eigenvalue weighted by Gasteiger charge is -2.44. The molecule has 4 aromatic rings. The lowest BCUT2D eigenvalue weighted by Crippen LogP contribution is -2.51. The molecule has 0 spiro atoms. The fraction of sp³-hybridized carbons (Fsp3) is 0.419. The van der Waals surface area contributed by atoms with Crippen LogP contribution in [-0.4, -0.2) is 36.5 Å². The minimum atomic E-state index is -0.465. The molecule has 2 unspecified atom stereocenters. The number of carbonyl (C=O) groups is 1. The van der Waals surface area contributed by atoms with Crippen LogP contribution in [0, 0.1) is 19.8 Å². The molecule has 2 aromatic carbocycles. The molecule has 1 N–H and O–H groups in total. The van der Waals surface area contributed by atoms with Crippen LogP contribution in [0.5, 0.6) is 0 Å². The number of rotatable bonds is 5. The zero-order chi connectivity index (χ0) is 26.4. The van der Waals surface area contributed by atoms with Crippen molar-refractivity contribution in [2.24, 2.45) is 5.92 Å². The molecule has 0 aliphatic carbocycles. The summed E-state index contributed by atoms with van der Waals surface area (Å²) in [4.78, 5) is 28.7. The van der Waals surface area contributed by atoms with Crippen LogP contribution in [0.2, 0.25) is 5.02 Å². The maximum absolute atomic E-state index is 13.0. The van der Waals surface area contributed by atoms with Crippen molar-refractivity contribution in [1.82, 2.24) is 10.2 Å². The second-order valence-electron chi connectivity index (χ2n) is 10.9. The molecule has 1 amide bonds. The van der Waals surface area contributed by atoms with Crippen LogP contribution in [-0.2, 0) is 11.2 Å². The van der Waals surface area contributed by atoms with Crippen molar-refractivity contribution in [1.29, 1.82) is 0 Å². The van der Waals surface area contributed by atoms with Gasteiger partial charge in [-0.15, -0.1) is 0 Å². The van der Waals surface area contributed by atoms with Gasteiger partial charge in [-0.05, 0) is 87.9 Å². The molecule has 0 radical (unpaired) electrons. The van der Waals surface area contributed by atoms with Crippen LogP contribution in [0.1, 0.15) is 48.8 Å². The molecule has 4 heterocycles. The van der Waals surface area contributed by atoms with Gasteiger partial charge in [0.2, 0.25) is 5.91 Å². The fourth-order valence-corrected chi connectivity index (χ4v) is 6.66. The minimum absolute atomic E-state index is 0.0116. The van der Waals surface area contributed by atoms with Crippen LogP contribution in [0.15, 0.2) is 50.2 Å². The standard InChI is InChI=1S/C31H33ClN2O4/c1-18-23-14-25-26(20-8-10-22(32)11-9-20)17-37-29(25)19(2)30(23)38-31(36)24(18)15-28(35)33-16-21-6-5-13-34-12-4-3-7-27(21)34/h8-11,14,17,21,27H,3-7,12-13,15-16H2,1-2H3,(H,33,35). The van der Waals surface area contributed by atoms with Gasteiger partial charge in [0.05, 0.1) is 18.2 Å². The molecule has 198 valence electrons. The number of piperidine rings is 2. The van der Waals surface area contributed by atoms with Crippen molar-refractivity contribution in [2.45, 2.75) is 58.4 Å². The number of hydrogen-bond donors (Lipinski definition) is 1. The number of halogens is 1. The SMILES string of the molecule is Cc1c(CC(=O)NCC2CCCN3CCCCC23)c(=O)oc2c(C)c3occ(-c4ccc(Cl)cc4)c3cc12. The Kier molecular flexibility index (Phi) is 6.79. The number of hydrogen-bond acceptors (Lipinski definition) is 5. The maximum atomic E-state index is 13.0. The van der Waals surface area contributed by atoms with E-state index in [9.17, 15) is 9.59 Å². The number of fused-ring (bicyclic) bond motifs is 3. The number of aryl methyl sites for hydroxylation is 2. The molecule has 2 atom stereocenters. The van der Waals surface area contributed by atoms with Crippen molar-refractivity contribution in [3.8, 4) is 11.1 Å². The van der Waals surface area contributed by atoms with Gasteiger partial charge in [-0.1, -0.05) is 30.2 Å². The monoisotopic (exact) mass is 532 g/mol. The van der Waals surface area contributed by atoms with Crippen molar-refractivity contribution in [3.63, 3.8) is 0 Å². The highest BCUT2D eigenvalue weighted by Crippen LogP contribution is 2.37. The Balaban J connectivity index is 1.28. The maximum Gasteiger partial charge on any atom is 0.340 e. The first kappa shape index (κ1) is 25.2. The number of nitrogens with zero attached hydrogens (tertiary/aromatic N) is 1. The largest absolute Gasteiger partial charge is 0.463 e. The first-order chi connectivity index (χ1) is 18.4. The summed E-state index contributed by atoms with van der Waals surface area (Å²) in [5.41, 5.74) is 4.59. The predicted octanol–water partition coefficient (Wildman–Crippen LogP) is 6.40. The van der Waals surface area contributed by atoms with Crippen molar-refractivity contribution in [3.05, 3.63) is 68.7 Å². The molecular weight excluding hydrogens is 500 g/mol. The second-order valence-corrected chi connectivity index (χ2v) is 11.3. The molecule has 38 heavy (non-hydrogen) atoms. The average Bonchev–Trinajstić information content (AvgIpc) is 3.35. The van der Waals surface area contributed by atoms with E-state index in [0.717, 1.165) is 39.4 Å². The lowest BCUT2D eigenvalue weighted by molar-refractivity contribution is -0.120. The van der Waals surface area contributed by atoms with Gasteiger partial charge < -0.3 is 19.1 Å². The van der Waals surface area contributed by atoms with Crippen LogP contribution in [0.3, 0.4) is 0 Å². The van der Waals surface area contributed by atoms with E-state index in [1.165, 1.54) is 38.8 Å². The van der Waals surface area contributed by atoms with Crippen LogP contribution in [0.25, 0.3) is 33.1 Å². The third kappa shape index (κ3) is 4.54. The zero-order valence-corrected chi connectivity index (χ0v) is 22.7. The normalized spacial score (nSPS) is 20.1. The molecule has 7 heteroatoms. The molecule has 0 bridgehead atoms. The van der Waals surface area contributed by atoms with Crippen LogP contribution < -0.4 is 10.9 Å². The quantitative estimate of drug-likeness (QED) is 0.301. The van der Waals surface area contributed by atoms with Crippen LogP contribution in [0.4, 0.5) is 0 Å². The van der Waals surface area contributed by atoms with Gasteiger partial charge in [0.1, 0.15) is 11.2 Å². The second kappa shape index (κ2) is 10.2. The minimum Gasteiger partial charge on any atom is -0.463 e. The summed E-state index contributed by atoms with van der Waals surface area (Å²) >= 11 is 6.09. The summed E-state index contributed by atoms with van der Waals surface area (Å²) in [6, 6.07) is 10.2. The summed E-state index contributed by atoms with van der Waals surface area (Å²) in [6.45, 7) is 6.81. The topological polar surface area (TPSA) is 75.7 Å². The Morgan fingerprint density at radius 3 is 2.63 bits per heavy atom. The van der Waals surface area contributed by atoms with E-state index in [2.05, 4.69) is 10.2 Å². The summed E-state index contributed by atoms with van der Waals surface area (Å²) in [6.07, 6.45) is 7.83. The third-order valence-electron chi connectivity index (χ3n) is 8.62. The summed E-state index contributed by atoms with van der Waals surface area (Å²) in [7, 11) is 0. The molecule has 2 fully saturated rings. The van der Waals surface area contributed by atoms with E-state index in [4.69, 9.17) is 20.4 Å². The van der Waals surface area contributed by atoms with Gasteiger partial charge in [-0.3, -0.25) is 4.79 Å². The molecular formula is C31H33ClN2O4. The van der Waals surface area contributed by atoms with E-state index in [-0.39, 0.29) is 12.3 Å². The molecule has 2 aliphatic heterocycles. The van der Waals surface area contributed by atoms with E-state index < -0.39 is 5.63 Å². The Hall–Kier alpha value is -3.09. The average molecular weight is 533 g/mol. The Morgan fingerprint density at radius 2 is 1.82 bits per heavy atom. The third-order valence-corrected chi connectivity index (χ3v) is 8.88. The van der Waals surface area contributed by atoms with Gasteiger partial charge in [-0.2, -0.15) is 0 Å². The summed E-state index contributed by atoms with van der Waals surface area (Å²) < 4.78 is 11.7. The number of benzene rings is 2. The first-order valence-electron chi connectivity index (χ1n) is 13.6.